The Balaban J connectivity index is 1.79. The second kappa shape index (κ2) is 6.23. The molecule has 1 fully saturated rings. The van der Waals surface area contributed by atoms with Crippen molar-refractivity contribution in [2.24, 2.45) is 5.92 Å². The predicted octanol–water partition coefficient (Wildman–Crippen LogP) is 3.68. The number of esters is 1. The molecular weight excluding hydrogens is 403 g/mol. The van der Waals surface area contributed by atoms with E-state index in [0.29, 0.717) is 15.8 Å². The predicted molar refractivity (Wildman–Crippen MR) is 97.6 cm³/mol. The van der Waals surface area contributed by atoms with Gasteiger partial charge in [-0.25, -0.2) is 9.18 Å². The molecule has 5 nitrogen and oxygen atoms in total. The first-order valence-corrected chi connectivity index (χ1v) is 9.32. The number of ether oxygens (including phenoxy) is 1. The van der Waals surface area contributed by atoms with Crippen molar-refractivity contribution in [3.8, 4) is 0 Å². The van der Waals surface area contributed by atoms with E-state index in [1.807, 2.05) is 6.92 Å². The molecule has 1 amide bonds. The fourth-order valence-corrected chi connectivity index (χ4v) is 4.07. The summed E-state index contributed by atoms with van der Waals surface area (Å²) in [6.07, 6.45) is 1.18. The van der Waals surface area contributed by atoms with Gasteiger partial charge in [-0.1, -0.05) is 12.1 Å². The number of amides is 1. The summed E-state index contributed by atoms with van der Waals surface area (Å²) in [5, 5.41) is 2.99. The molecule has 0 saturated heterocycles. The average molecular weight is 421 g/mol. The summed E-state index contributed by atoms with van der Waals surface area (Å²) in [4.78, 5) is 27.4. The van der Waals surface area contributed by atoms with Gasteiger partial charge in [0.15, 0.2) is 6.10 Å². The first-order valence-electron chi connectivity index (χ1n) is 8.52. The van der Waals surface area contributed by atoms with Crippen molar-refractivity contribution in [1.82, 2.24) is 4.90 Å². The fourth-order valence-electron chi connectivity index (χ4n) is 3.52. The Hall–Kier alpha value is -2.15. The molecule has 1 N–H and O–H groups in total. The Labute approximate surface area is 159 Å². The maximum absolute atomic E-state index is 14.1. The first-order chi connectivity index (χ1) is 12.4. The molecule has 2 atom stereocenters. The van der Waals surface area contributed by atoms with E-state index in [-0.39, 0.29) is 17.6 Å². The lowest BCUT2D eigenvalue weighted by Gasteiger charge is -2.42. The summed E-state index contributed by atoms with van der Waals surface area (Å²) in [5.41, 5.74) is 1.69. The van der Waals surface area contributed by atoms with Crippen LogP contribution < -0.4 is 5.32 Å². The zero-order valence-corrected chi connectivity index (χ0v) is 16.0. The molecule has 0 spiro atoms. The number of halogens is 2. The molecule has 0 bridgehead atoms. The highest BCUT2D eigenvalue weighted by atomic mass is 79.9. The maximum atomic E-state index is 14.1. The third kappa shape index (κ3) is 2.65. The van der Waals surface area contributed by atoms with E-state index in [4.69, 9.17) is 4.74 Å². The normalized spacial score (nSPS) is 26.1. The molecule has 1 aromatic carbocycles. The second-order valence-corrected chi connectivity index (χ2v) is 7.67. The van der Waals surface area contributed by atoms with Crippen LogP contribution in [-0.4, -0.2) is 28.9 Å². The molecule has 136 valence electrons. The lowest BCUT2D eigenvalue weighted by Crippen LogP contribution is -2.52. The van der Waals surface area contributed by atoms with E-state index in [2.05, 4.69) is 21.2 Å². The van der Waals surface area contributed by atoms with Gasteiger partial charge in [-0.3, -0.25) is 4.79 Å². The van der Waals surface area contributed by atoms with Gasteiger partial charge >= 0.3 is 5.97 Å². The van der Waals surface area contributed by atoms with E-state index in [9.17, 15) is 14.0 Å². The number of allylic oxidation sites excluding steroid dienone is 1. The van der Waals surface area contributed by atoms with Crippen molar-refractivity contribution >= 4 is 33.5 Å². The summed E-state index contributed by atoms with van der Waals surface area (Å²) in [5.74, 6) is -1.80. The number of benzene rings is 1. The van der Waals surface area contributed by atoms with Crippen LogP contribution in [0.1, 0.15) is 26.7 Å². The van der Waals surface area contributed by atoms with Gasteiger partial charge in [0.1, 0.15) is 11.7 Å². The SMILES string of the molecule is CC1=C(Nc2ccccc2F)C2C(=O)N(C3CC3)C(C)=C(Br)C2OC1=O. The summed E-state index contributed by atoms with van der Waals surface area (Å²) in [6.45, 7) is 3.44. The van der Waals surface area contributed by atoms with Gasteiger partial charge in [0.05, 0.1) is 15.7 Å². The highest BCUT2D eigenvalue weighted by Crippen LogP contribution is 2.45. The lowest BCUT2D eigenvalue weighted by molar-refractivity contribution is -0.152. The van der Waals surface area contributed by atoms with Gasteiger partial charge in [-0.15, -0.1) is 0 Å². The molecule has 4 rings (SSSR count). The Morgan fingerprint density at radius 1 is 1.23 bits per heavy atom. The summed E-state index contributed by atoms with van der Waals surface area (Å²) < 4.78 is 20.3. The maximum Gasteiger partial charge on any atom is 0.336 e. The summed E-state index contributed by atoms with van der Waals surface area (Å²) in [6, 6.07) is 6.37. The minimum absolute atomic E-state index is 0.121. The summed E-state index contributed by atoms with van der Waals surface area (Å²) in [7, 11) is 0. The minimum atomic E-state index is -0.733. The van der Waals surface area contributed by atoms with E-state index in [1.165, 1.54) is 6.07 Å². The molecule has 3 aliphatic rings. The van der Waals surface area contributed by atoms with Crippen molar-refractivity contribution in [2.75, 3.05) is 5.32 Å². The zero-order chi connectivity index (χ0) is 18.6. The highest BCUT2D eigenvalue weighted by Gasteiger charge is 2.51. The molecule has 1 aromatic rings. The number of hydrogen-bond acceptors (Lipinski definition) is 4. The second-order valence-electron chi connectivity index (χ2n) is 6.82. The van der Waals surface area contributed by atoms with Crippen LogP contribution in [0.15, 0.2) is 45.7 Å². The van der Waals surface area contributed by atoms with E-state index in [0.717, 1.165) is 18.5 Å². The number of fused-ring (bicyclic) bond motifs is 1. The van der Waals surface area contributed by atoms with Gasteiger partial charge in [-0.05, 0) is 54.8 Å². The number of para-hydroxylation sites is 1. The van der Waals surface area contributed by atoms with Crippen LogP contribution in [0.3, 0.4) is 0 Å². The van der Waals surface area contributed by atoms with Crippen molar-refractivity contribution < 1.29 is 18.7 Å². The smallest absolute Gasteiger partial charge is 0.336 e. The standard InChI is InChI=1S/C19H18BrFN2O3/c1-9-16(22-13-6-4-3-5-12(13)21)14-17(26-19(9)25)15(20)10(2)23(18(14)24)11-7-8-11/h3-6,11,14,17,22H,7-8H2,1-2H3. The molecule has 0 aromatic heterocycles. The van der Waals surface area contributed by atoms with E-state index < -0.39 is 23.8 Å². The van der Waals surface area contributed by atoms with Crippen molar-refractivity contribution in [2.45, 2.75) is 38.8 Å². The number of hydrogen-bond donors (Lipinski definition) is 1. The zero-order valence-electron chi connectivity index (χ0n) is 14.4. The van der Waals surface area contributed by atoms with Crippen LogP contribution in [0.5, 0.6) is 0 Å². The van der Waals surface area contributed by atoms with Gasteiger partial charge in [-0.2, -0.15) is 0 Å². The van der Waals surface area contributed by atoms with Crippen LogP contribution in [0.4, 0.5) is 10.1 Å². The van der Waals surface area contributed by atoms with Crippen LogP contribution in [0.25, 0.3) is 0 Å². The lowest BCUT2D eigenvalue weighted by atomic mass is 9.87. The molecule has 7 heteroatoms. The van der Waals surface area contributed by atoms with Crippen molar-refractivity contribution in [3.05, 3.63) is 51.5 Å². The van der Waals surface area contributed by atoms with Gasteiger partial charge in [0, 0.05) is 17.4 Å². The number of anilines is 1. The minimum Gasteiger partial charge on any atom is -0.452 e. The van der Waals surface area contributed by atoms with Crippen LogP contribution in [0, 0.1) is 11.7 Å². The molecule has 1 aliphatic carbocycles. The summed E-state index contributed by atoms with van der Waals surface area (Å²) >= 11 is 3.52. The van der Waals surface area contributed by atoms with E-state index >= 15 is 0 Å². The van der Waals surface area contributed by atoms with Gasteiger partial charge < -0.3 is 15.0 Å². The number of nitrogens with one attached hydrogen (secondary N) is 1. The molecule has 0 radical (unpaired) electrons. The van der Waals surface area contributed by atoms with Crippen LogP contribution in [-0.2, 0) is 14.3 Å². The fraction of sp³-hybridized carbons (Fsp3) is 0.368. The Kier molecular flexibility index (Phi) is 4.14. The highest BCUT2D eigenvalue weighted by molar-refractivity contribution is 9.11. The van der Waals surface area contributed by atoms with E-state index in [1.54, 1.807) is 30.0 Å². The monoisotopic (exact) mass is 420 g/mol. The number of carbonyl (C=O) groups excluding carboxylic acids is 2. The van der Waals surface area contributed by atoms with Crippen molar-refractivity contribution in [1.29, 1.82) is 0 Å². The molecule has 2 unspecified atom stereocenters. The number of nitrogens with zero attached hydrogens (tertiary/aromatic N) is 1. The Bertz CT molecular complexity index is 875. The van der Waals surface area contributed by atoms with Crippen molar-refractivity contribution in [3.63, 3.8) is 0 Å². The molecule has 26 heavy (non-hydrogen) atoms. The Morgan fingerprint density at radius 3 is 2.58 bits per heavy atom. The quantitative estimate of drug-likeness (QED) is 0.757. The van der Waals surface area contributed by atoms with Gasteiger partial charge in [0.2, 0.25) is 5.91 Å². The number of carbonyl (C=O) groups is 2. The number of rotatable bonds is 3. The van der Waals surface area contributed by atoms with Crippen LogP contribution >= 0.6 is 15.9 Å². The molecule has 1 saturated carbocycles. The molecular formula is C19H18BrFN2O3. The molecule has 2 aliphatic heterocycles. The average Bonchev–Trinajstić information content (AvgIpc) is 3.43. The third-order valence-corrected chi connectivity index (χ3v) is 6.10. The Morgan fingerprint density at radius 2 is 1.92 bits per heavy atom. The third-order valence-electron chi connectivity index (χ3n) is 5.07. The van der Waals surface area contributed by atoms with Gasteiger partial charge in [0.25, 0.3) is 0 Å². The molecule has 2 heterocycles. The first kappa shape index (κ1) is 17.3. The van der Waals surface area contributed by atoms with Crippen LogP contribution in [0.2, 0.25) is 0 Å². The largest absolute Gasteiger partial charge is 0.452 e. The topological polar surface area (TPSA) is 58.6 Å².